The van der Waals surface area contributed by atoms with Crippen molar-refractivity contribution in [2.45, 2.75) is 31.6 Å². The molecule has 3 rings (SSSR count). The molecule has 1 aromatic carbocycles. The van der Waals surface area contributed by atoms with Gasteiger partial charge in [0.25, 0.3) is 0 Å². The number of carbonyl (C=O) groups excluding carboxylic acids is 1. The summed E-state index contributed by atoms with van der Waals surface area (Å²) in [5.41, 5.74) is 1.50. The lowest BCUT2D eigenvalue weighted by molar-refractivity contribution is -0.117. The van der Waals surface area contributed by atoms with Crippen LogP contribution in [0, 0.1) is 6.92 Å². The van der Waals surface area contributed by atoms with Gasteiger partial charge in [0.1, 0.15) is 0 Å². The highest BCUT2D eigenvalue weighted by atomic mass is 32.2. The first-order valence-electron chi connectivity index (χ1n) is 8.57. The van der Waals surface area contributed by atoms with Crippen molar-refractivity contribution in [2.75, 3.05) is 44.2 Å². The molecule has 0 unspecified atom stereocenters. The number of hydrogen-bond acceptors (Lipinski definition) is 4. The Kier molecular flexibility index (Phi) is 4.94. The summed E-state index contributed by atoms with van der Waals surface area (Å²) >= 11 is 0. The lowest BCUT2D eigenvalue weighted by Crippen LogP contribution is -2.48. The van der Waals surface area contributed by atoms with Crippen LogP contribution < -0.4 is 4.90 Å². The third-order valence-corrected chi connectivity index (χ3v) is 7.00. The SMILES string of the molecule is CCN1CCN(S(=O)(=O)c2ccc(N3CCCC3=O)cc2C)CC1. The highest BCUT2D eigenvalue weighted by Gasteiger charge is 2.30. The van der Waals surface area contributed by atoms with E-state index in [0.29, 0.717) is 36.5 Å². The van der Waals surface area contributed by atoms with Crippen LogP contribution in [-0.2, 0) is 14.8 Å². The third-order valence-electron chi connectivity index (χ3n) is 4.94. The van der Waals surface area contributed by atoms with Crippen LogP contribution in [0.25, 0.3) is 0 Å². The fourth-order valence-corrected chi connectivity index (χ4v) is 5.07. The zero-order valence-electron chi connectivity index (χ0n) is 14.4. The highest BCUT2D eigenvalue weighted by Crippen LogP contribution is 2.28. The van der Waals surface area contributed by atoms with Gasteiger partial charge < -0.3 is 9.80 Å². The Labute approximate surface area is 144 Å². The topological polar surface area (TPSA) is 60.9 Å². The summed E-state index contributed by atoms with van der Waals surface area (Å²) in [5.74, 6) is 0.112. The molecule has 2 aliphatic heterocycles. The van der Waals surface area contributed by atoms with E-state index in [4.69, 9.17) is 0 Å². The van der Waals surface area contributed by atoms with E-state index in [1.165, 1.54) is 0 Å². The number of aryl methyl sites for hydroxylation is 1. The molecule has 132 valence electrons. The molecule has 0 N–H and O–H groups in total. The van der Waals surface area contributed by atoms with E-state index in [0.717, 1.165) is 31.7 Å². The first-order chi connectivity index (χ1) is 11.4. The van der Waals surface area contributed by atoms with Gasteiger partial charge in [0, 0.05) is 44.8 Å². The van der Waals surface area contributed by atoms with Gasteiger partial charge in [-0.3, -0.25) is 4.79 Å². The number of carbonyl (C=O) groups is 1. The van der Waals surface area contributed by atoms with Crippen LogP contribution in [0.4, 0.5) is 5.69 Å². The summed E-state index contributed by atoms with van der Waals surface area (Å²) in [4.78, 5) is 16.2. The fourth-order valence-electron chi connectivity index (χ4n) is 3.44. The Morgan fingerprint density at radius 2 is 1.79 bits per heavy atom. The second kappa shape index (κ2) is 6.82. The van der Waals surface area contributed by atoms with E-state index in [2.05, 4.69) is 11.8 Å². The van der Waals surface area contributed by atoms with Gasteiger partial charge in [-0.15, -0.1) is 0 Å². The van der Waals surface area contributed by atoms with Gasteiger partial charge in [-0.2, -0.15) is 4.31 Å². The van der Waals surface area contributed by atoms with Gasteiger partial charge in [-0.05, 0) is 43.7 Å². The fraction of sp³-hybridized carbons (Fsp3) is 0.588. The maximum Gasteiger partial charge on any atom is 0.243 e. The summed E-state index contributed by atoms with van der Waals surface area (Å²) in [5, 5.41) is 0. The van der Waals surface area contributed by atoms with Gasteiger partial charge in [0.05, 0.1) is 4.90 Å². The third kappa shape index (κ3) is 3.20. The van der Waals surface area contributed by atoms with Crippen LogP contribution >= 0.6 is 0 Å². The van der Waals surface area contributed by atoms with Gasteiger partial charge in [-0.25, -0.2) is 8.42 Å². The van der Waals surface area contributed by atoms with Crippen LogP contribution in [-0.4, -0.2) is 62.8 Å². The predicted molar refractivity (Wildman–Crippen MR) is 93.6 cm³/mol. The molecule has 0 aromatic heterocycles. The van der Waals surface area contributed by atoms with Crippen LogP contribution in [0.2, 0.25) is 0 Å². The maximum atomic E-state index is 12.9. The molecule has 2 heterocycles. The van der Waals surface area contributed by atoms with E-state index in [-0.39, 0.29) is 5.91 Å². The van der Waals surface area contributed by atoms with Crippen molar-refractivity contribution >= 4 is 21.6 Å². The lowest BCUT2D eigenvalue weighted by Gasteiger charge is -2.33. The van der Waals surface area contributed by atoms with Crippen molar-refractivity contribution in [2.24, 2.45) is 0 Å². The first kappa shape index (κ1) is 17.4. The number of benzene rings is 1. The maximum absolute atomic E-state index is 12.9. The summed E-state index contributed by atoms with van der Waals surface area (Å²) in [6, 6.07) is 5.22. The van der Waals surface area contributed by atoms with E-state index in [9.17, 15) is 13.2 Å². The first-order valence-corrected chi connectivity index (χ1v) is 10.0. The molecule has 0 aliphatic carbocycles. The molecule has 6 nitrogen and oxygen atoms in total. The Hall–Kier alpha value is -1.44. The van der Waals surface area contributed by atoms with Gasteiger partial charge in [0.15, 0.2) is 0 Å². The quantitative estimate of drug-likeness (QED) is 0.824. The molecule has 2 saturated heterocycles. The molecular formula is C17H25N3O3S. The molecule has 2 aliphatic rings. The highest BCUT2D eigenvalue weighted by molar-refractivity contribution is 7.89. The van der Waals surface area contributed by atoms with Crippen molar-refractivity contribution in [1.82, 2.24) is 9.21 Å². The van der Waals surface area contributed by atoms with Crippen LogP contribution in [0.3, 0.4) is 0 Å². The number of anilines is 1. The van der Waals surface area contributed by atoms with Crippen molar-refractivity contribution in [3.63, 3.8) is 0 Å². The van der Waals surface area contributed by atoms with Crippen LogP contribution in [0.15, 0.2) is 23.1 Å². The average Bonchev–Trinajstić information content (AvgIpc) is 3.00. The monoisotopic (exact) mass is 351 g/mol. The molecular weight excluding hydrogens is 326 g/mol. The average molecular weight is 351 g/mol. The molecule has 1 aromatic rings. The van der Waals surface area contributed by atoms with E-state index in [1.54, 1.807) is 28.3 Å². The zero-order valence-corrected chi connectivity index (χ0v) is 15.2. The van der Waals surface area contributed by atoms with Crippen molar-refractivity contribution in [1.29, 1.82) is 0 Å². The van der Waals surface area contributed by atoms with Crippen molar-refractivity contribution in [3.05, 3.63) is 23.8 Å². The number of hydrogen-bond donors (Lipinski definition) is 0. The number of amides is 1. The van der Waals surface area contributed by atoms with Crippen molar-refractivity contribution in [3.8, 4) is 0 Å². The molecule has 24 heavy (non-hydrogen) atoms. The van der Waals surface area contributed by atoms with Gasteiger partial charge in [0.2, 0.25) is 15.9 Å². The Bertz CT molecular complexity index is 725. The van der Waals surface area contributed by atoms with Crippen molar-refractivity contribution < 1.29 is 13.2 Å². The summed E-state index contributed by atoms with van der Waals surface area (Å²) in [6.45, 7) is 8.16. The Morgan fingerprint density at radius 3 is 2.33 bits per heavy atom. The molecule has 0 saturated carbocycles. The second-order valence-electron chi connectivity index (χ2n) is 6.44. The Balaban J connectivity index is 1.82. The predicted octanol–water partition coefficient (Wildman–Crippen LogP) is 1.45. The number of likely N-dealkylation sites (N-methyl/N-ethyl adjacent to an activating group) is 1. The smallest absolute Gasteiger partial charge is 0.243 e. The molecule has 0 bridgehead atoms. The molecule has 2 fully saturated rings. The van der Waals surface area contributed by atoms with E-state index in [1.807, 2.05) is 6.07 Å². The molecule has 0 atom stereocenters. The second-order valence-corrected chi connectivity index (χ2v) is 8.34. The minimum atomic E-state index is -3.47. The number of piperazine rings is 1. The molecule has 0 spiro atoms. The Morgan fingerprint density at radius 1 is 1.08 bits per heavy atom. The lowest BCUT2D eigenvalue weighted by atomic mass is 10.2. The van der Waals surface area contributed by atoms with Gasteiger partial charge >= 0.3 is 0 Å². The summed E-state index contributed by atoms with van der Waals surface area (Å²) in [6.07, 6.45) is 1.43. The summed E-state index contributed by atoms with van der Waals surface area (Å²) < 4.78 is 27.4. The molecule has 7 heteroatoms. The van der Waals surface area contributed by atoms with E-state index >= 15 is 0 Å². The summed E-state index contributed by atoms with van der Waals surface area (Å²) in [7, 11) is -3.47. The number of rotatable bonds is 4. The number of nitrogens with zero attached hydrogens (tertiary/aromatic N) is 3. The van der Waals surface area contributed by atoms with Gasteiger partial charge in [-0.1, -0.05) is 6.92 Å². The zero-order chi connectivity index (χ0) is 17.3. The van der Waals surface area contributed by atoms with Crippen LogP contribution in [0.1, 0.15) is 25.3 Å². The largest absolute Gasteiger partial charge is 0.312 e. The standard InChI is InChI=1S/C17H25N3O3S/c1-3-18-9-11-19(12-10-18)24(22,23)16-7-6-15(13-14(16)2)20-8-4-5-17(20)21/h6-7,13H,3-5,8-12H2,1-2H3. The van der Waals surface area contributed by atoms with Crippen LogP contribution in [0.5, 0.6) is 0 Å². The number of sulfonamides is 1. The normalized spacial score (nSPS) is 20.8. The molecule has 1 amide bonds. The van der Waals surface area contributed by atoms with E-state index < -0.39 is 10.0 Å². The molecule has 0 radical (unpaired) electrons. The minimum Gasteiger partial charge on any atom is -0.312 e. The minimum absolute atomic E-state index is 0.112.